The molecule has 0 fully saturated rings. The van der Waals surface area contributed by atoms with Crippen LogP contribution in [0.3, 0.4) is 0 Å². The van der Waals surface area contributed by atoms with Crippen molar-refractivity contribution >= 4 is 12.3 Å². The summed E-state index contributed by atoms with van der Waals surface area (Å²) in [6, 6.07) is 0. The minimum atomic E-state index is -1.81. The average Bonchev–Trinajstić information content (AvgIpc) is 3.67. The van der Waals surface area contributed by atoms with Crippen LogP contribution >= 0.6 is 0 Å². The Bertz CT molecular complexity index is 617. The Hall–Kier alpha value is -3.24. The van der Waals surface area contributed by atoms with Crippen LogP contribution in [0, 0.1) is 30.4 Å². The molecule has 0 amide bonds. The molecule has 0 saturated heterocycles. The van der Waals surface area contributed by atoms with Gasteiger partial charge in [-0.05, 0) is 0 Å². The van der Waals surface area contributed by atoms with Crippen molar-refractivity contribution in [2.45, 2.75) is 32.1 Å². The maximum Gasteiger partial charge on any atom is 0.516 e. The number of allylic oxidation sites excluding steroid dienone is 20. The van der Waals surface area contributed by atoms with Crippen LogP contribution in [0.5, 0.6) is 0 Å². The predicted molar refractivity (Wildman–Crippen MR) is 125 cm³/mol. The number of hydrogen-bond donors (Lipinski definition) is 2. The van der Waals surface area contributed by atoms with Gasteiger partial charge in [0.25, 0.3) is 0 Å². The van der Waals surface area contributed by atoms with Crippen molar-refractivity contribution in [3.8, 4) is 0 Å². The molecule has 33 heavy (non-hydrogen) atoms. The first kappa shape index (κ1) is 31.9. The zero-order chi connectivity index (χ0) is 23.5. The summed E-state index contributed by atoms with van der Waals surface area (Å²) >= 11 is 0. The van der Waals surface area contributed by atoms with Gasteiger partial charge in [0.15, 0.2) is 0 Å². The Labute approximate surface area is 209 Å². The van der Waals surface area contributed by atoms with E-state index in [2.05, 4.69) is 65.5 Å². The number of rotatable bonds is 0. The Morgan fingerprint density at radius 2 is 0.727 bits per heavy atom. The molecule has 5 aliphatic rings. The number of ether oxygens (including phenoxy) is 1. The molecule has 0 unspecified atom stereocenters. The third kappa shape index (κ3) is 31.0. The minimum absolute atomic E-state index is 0. The summed E-state index contributed by atoms with van der Waals surface area (Å²) in [5.41, 5.74) is 0. The SMILES string of the molecule is O=C(O)OC(=O)O.[C-]1=CC=CC1.[C-]1=CC=CC1.[C-]1=CC=CC1.[C-]1=CC=CC1.[C-]1=CC=CC1.[Rh]. The third-order valence-electron chi connectivity index (χ3n) is 3.10. The Kier molecular flexibility index (Phi) is 25.9. The molecule has 0 aromatic carbocycles. The van der Waals surface area contributed by atoms with Crippen LogP contribution in [0.4, 0.5) is 9.59 Å². The van der Waals surface area contributed by atoms with E-state index in [9.17, 15) is 9.59 Å². The van der Waals surface area contributed by atoms with Gasteiger partial charge in [0.05, 0.1) is 0 Å². The van der Waals surface area contributed by atoms with Gasteiger partial charge in [0.1, 0.15) is 0 Å². The molecule has 5 rings (SSSR count). The van der Waals surface area contributed by atoms with Gasteiger partial charge < -0.3 is 14.9 Å². The van der Waals surface area contributed by atoms with Crippen molar-refractivity contribution in [2.24, 2.45) is 0 Å². The zero-order valence-electron chi connectivity index (χ0n) is 18.1. The van der Waals surface area contributed by atoms with E-state index in [1.165, 1.54) is 0 Å². The van der Waals surface area contributed by atoms with Crippen LogP contribution in [0.25, 0.3) is 0 Å². The molecule has 0 saturated carbocycles. The standard InChI is InChI=1S/5C5H5.C2H2O5.Rh/c5*1-2-4-5-3-1;3-1(4)7-2(5)6;/h5*1-3H,4H2;(H,3,4)(H,5,6);/q5*-1;;. The van der Waals surface area contributed by atoms with Gasteiger partial charge in [-0.15, -0.1) is 32.1 Å². The van der Waals surface area contributed by atoms with E-state index in [-0.39, 0.29) is 19.5 Å². The summed E-state index contributed by atoms with van der Waals surface area (Å²) in [6.07, 6.45) is 46.4. The van der Waals surface area contributed by atoms with Gasteiger partial charge in [-0.3, -0.25) is 30.4 Å². The summed E-state index contributed by atoms with van der Waals surface area (Å²) in [4.78, 5) is 18.4. The summed E-state index contributed by atoms with van der Waals surface area (Å²) < 4.78 is 3.08. The van der Waals surface area contributed by atoms with Gasteiger partial charge in [-0.25, -0.2) is 70.3 Å². The Morgan fingerprint density at radius 3 is 0.758 bits per heavy atom. The van der Waals surface area contributed by atoms with Crippen LogP contribution in [0.1, 0.15) is 32.1 Å². The minimum Gasteiger partial charge on any atom is -0.449 e. The molecule has 0 atom stereocenters. The smallest absolute Gasteiger partial charge is 0.449 e. The topological polar surface area (TPSA) is 83.8 Å². The first-order valence-electron chi connectivity index (χ1n) is 9.85. The summed E-state index contributed by atoms with van der Waals surface area (Å²) in [5.74, 6) is 0. The molecule has 1 radical (unpaired) electrons. The number of carboxylic acid groups (broad SMARTS) is 2. The molecule has 0 spiro atoms. The molecule has 0 aliphatic heterocycles. The quantitative estimate of drug-likeness (QED) is 0.153. The van der Waals surface area contributed by atoms with E-state index in [0.717, 1.165) is 32.1 Å². The summed E-state index contributed by atoms with van der Waals surface area (Å²) in [6.45, 7) is 0. The van der Waals surface area contributed by atoms with Gasteiger partial charge in [-0.1, -0.05) is 0 Å². The molecule has 0 heterocycles. The molecule has 6 heteroatoms. The van der Waals surface area contributed by atoms with Crippen LogP contribution in [0.15, 0.2) is 91.1 Å². The van der Waals surface area contributed by atoms with E-state index in [1.807, 2.05) is 60.8 Å². The predicted octanol–water partition coefficient (Wildman–Crippen LogP) is 6.88. The van der Waals surface area contributed by atoms with Gasteiger partial charge in [0, 0.05) is 19.5 Å². The second kappa shape index (κ2) is 26.8. The first-order chi connectivity index (χ1) is 15.6. The fourth-order valence-electron chi connectivity index (χ4n) is 1.78. The van der Waals surface area contributed by atoms with Gasteiger partial charge in [-0.2, -0.15) is 30.4 Å². The Balaban J connectivity index is 0. The maximum absolute atomic E-state index is 9.21. The van der Waals surface area contributed by atoms with E-state index in [4.69, 9.17) is 10.2 Å². The fraction of sp³-hybridized carbons (Fsp3) is 0.185. The number of carbonyl (C=O) groups is 2. The monoisotopic (exact) mass is 534 g/mol. The zero-order valence-corrected chi connectivity index (χ0v) is 19.8. The van der Waals surface area contributed by atoms with Gasteiger partial charge >= 0.3 is 12.3 Å². The van der Waals surface area contributed by atoms with Crippen LogP contribution in [-0.4, -0.2) is 22.5 Å². The molecule has 5 aliphatic carbocycles. The molecule has 0 bridgehead atoms. The van der Waals surface area contributed by atoms with Crippen LogP contribution < -0.4 is 0 Å². The Morgan fingerprint density at radius 1 is 0.515 bits per heavy atom. The second-order valence-corrected chi connectivity index (χ2v) is 5.65. The van der Waals surface area contributed by atoms with Crippen molar-refractivity contribution in [3.63, 3.8) is 0 Å². The van der Waals surface area contributed by atoms with Crippen molar-refractivity contribution in [1.82, 2.24) is 0 Å². The van der Waals surface area contributed by atoms with Crippen LogP contribution in [0.2, 0.25) is 0 Å². The second-order valence-electron chi connectivity index (χ2n) is 5.65. The maximum atomic E-state index is 9.21. The van der Waals surface area contributed by atoms with E-state index < -0.39 is 12.3 Å². The van der Waals surface area contributed by atoms with Crippen molar-refractivity contribution in [3.05, 3.63) is 122 Å². The fourth-order valence-corrected chi connectivity index (χ4v) is 1.78. The number of hydrogen-bond acceptors (Lipinski definition) is 3. The third-order valence-corrected chi connectivity index (χ3v) is 3.10. The van der Waals surface area contributed by atoms with Crippen molar-refractivity contribution < 1.29 is 44.0 Å². The van der Waals surface area contributed by atoms with Crippen LogP contribution in [-0.2, 0) is 24.2 Å². The van der Waals surface area contributed by atoms with Crippen molar-refractivity contribution in [2.75, 3.05) is 0 Å². The first-order valence-corrected chi connectivity index (χ1v) is 9.85. The molecular weight excluding hydrogens is 507 g/mol. The molecule has 0 aromatic heterocycles. The van der Waals surface area contributed by atoms with E-state index in [1.54, 1.807) is 0 Å². The molecule has 2 N–H and O–H groups in total. The van der Waals surface area contributed by atoms with E-state index in [0.29, 0.717) is 0 Å². The van der Waals surface area contributed by atoms with E-state index >= 15 is 0 Å². The normalized spacial score (nSPS) is 14.9. The largest absolute Gasteiger partial charge is 0.516 e. The molecule has 0 aromatic rings. The average molecular weight is 534 g/mol. The van der Waals surface area contributed by atoms with Crippen molar-refractivity contribution in [1.29, 1.82) is 0 Å². The summed E-state index contributed by atoms with van der Waals surface area (Å²) in [7, 11) is 0. The van der Waals surface area contributed by atoms with Gasteiger partial charge in [0.2, 0.25) is 0 Å². The summed E-state index contributed by atoms with van der Waals surface area (Å²) in [5, 5.41) is 15.0. The molecule has 5 nitrogen and oxygen atoms in total. The molecule has 179 valence electrons. The molecular formula is C27H27O5Rh-5.